The van der Waals surface area contributed by atoms with E-state index in [2.05, 4.69) is 67.0 Å². The summed E-state index contributed by atoms with van der Waals surface area (Å²) in [6.07, 6.45) is 4.61. The molecule has 0 aliphatic rings. The molecule has 0 fully saturated rings. The maximum atomic E-state index is 9.12. The van der Waals surface area contributed by atoms with Crippen molar-refractivity contribution in [2.75, 3.05) is 0 Å². The number of pyridine rings is 1. The number of aromatic nitrogens is 4. The van der Waals surface area contributed by atoms with Gasteiger partial charge in [0.25, 0.3) is 6.33 Å². The van der Waals surface area contributed by atoms with Gasteiger partial charge in [-0.15, -0.1) is 29.7 Å². The number of aryl methyl sites for hydroxylation is 1. The van der Waals surface area contributed by atoms with Crippen LogP contribution in [0, 0.1) is 25.3 Å². The van der Waals surface area contributed by atoms with Gasteiger partial charge in [-0.1, -0.05) is 242 Å². The van der Waals surface area contributed by atoms with E-state index in [0.29, 0.717) is 33.1 Å². The summed E-state index contributed by atoms with van der Waals surface area (Å²) in [4.78, 5) is 4.87. The van der Waals surface area contributed by atoms with Crippen LogP contribution in [0.1, 0.15) is 30.2 Å². The quantitative estimate of drug-likeness (QED) is 0.0529. The molecule has 3 aromatic heterocycles. The zero-order valence-electron chi connectivity index (χ0n) is 60.0. The van der Waals surface area contributed by atoms with E-state index in [1.165, 1.54) is 18.3 Å². The van der Waals surface area contributed by atoms with E-state index < -0.39 is 106 Å². The van der Waals surface area contributed by atoms with Crippen LogP contribution >= 0.6 is 0 Å². The molecule has 7 heteroatoms. The van der Waals surface area contributed by atoms with Gasteiger partial charge in [0.05, 0.1) is 37.3 Å². The predicted octanol–water partition coefficient (Wildman–Crippen LogP) is 14.3. The first-order valence-electron chi connectivity index (χ1n) is 34.2. The van der Waals surface area contributed by atoms with Gasteiger partial charge in [0.2, 0.25) is 0 Å². The van der Waals surface area contributed by atoms with Crippen molar-refractivity contribution >= 4 is 61.7 Å². The van der Waals surface area contributed by atoms with Gasteiger partial charge < -0.3 is 13.9 Å². The van der Waals surface area contributed by atoms with Crippen LogP contribution in [0.4, 0.5) is 0 Å². The fraction of sp³-hybridized carbons (Fsp3) is 0.0137. The van der Waals surface area contributed by atoms with Crippen molar-refractivity contribution in [2.24, 2.45) is 0 Å². The fourth-order valence-corrected chi connectivity index (χ4v) is 15.5. The van der Waals surface area contributed by atoms with Crippen LogP contribution in [-0.2, 0) is 21.1 Å². The van der Waals surface area contributed by atoms with Crippen LogP contribution < -0.4 is 30.1 Å². The molecule has 0 saturated heterocycles. The van der Waals surface area contributed by atoms with Crippen LogP contribution in [0.3, 0.4) is 0 Å². The van der Waals surface area contributed by atoms with Crippen molar-refractivity contribution in [1.82, 2.24) is 14.1 Å². The number of ether oxygens (including phenoxy) is 1. The molecule has 0 radical (unpaired) electrons. The molecule has 0 spiro atoms. The molecule has 14 aromatic rings. The first-order valence-corrected chi connectivity index (χ1v) is 27.2. The number of hydrogen-bond acceptors (Lipinski definition) is 2. The molecular weight excluding hydrogens is 1170 g/mol. The molecule has 0 amide bonds. The van der Waals surface area contributed by atoms with Gasteiger partial charge in [-0.25, -0.2) is 4.98 Å². The maximum absolute atomic E-state index is 9.12. The summed E-state index contributed by atoms with van der Waals surface area (Å²) < 4.78 is 169. The van der Waals surface area contributed by atoms with E-state index >= 15 is 0 Å². The van der Waals surface area contributed by atoms with Crippen LogP contribution in [0.25, 0.3) is 83.4 Å². The second kappa shape index (κ2) is 21.4. The predicted molar refractivity (Wildman–Crippen MR) is 325 cm³/mol. The molecule has 14 rings (SSSR count). The monoisotopic (exact) mass is 1240 g/mol. The molecule has 0 saturated carbocycles. The average molecular weight is 1240 g/mol. The summed E-state index contributed by atoms with van der Waals surface area (Å²) in [7, 11) is -3.16. The van der Waals surface area contributed by atoms with Crippen molar-refractivity contribution in [3.05, 3.63) is 309 Å². The summed E-state index contributed by atoms with van der Waals surface area (Å²) in [6, 6.07) is 57.2. The van der Waals surface area contributed by atoms with Gasteiger partial charge in [-0.2, -0.15) is 18.2 Å². The van der Waals surface area contributed by atoms with Crippen molar-refractivity contribution in [3.8, 4) is 62.1 Å². The third kappa shape index (κ3) is 8.80. The normalized spacial score (nSPS) is 14.8. The van der Waals surface area contributed by atoms with Gasteiger partial charge in [0, 0.05) is 54.0 Å². The Balaban J connectivity index is 0.00000864. The van der Waals surface area contributed by atoms with E-state index in [4.69, 9.17) is 34.4 Å². The zero-order valence-corrected chi connectivity index (χ0v) is 45.3. The standard InChI is InChI=1S/C73H50N4OSi.Pt/c1-52-46-72(74-50-67(52)55-28-12-4-13-29-55)77-68-45-43-62(79(59-32-14-5-15-33-59,60-34-16-6-17-35-60)61-36-18-7-19-37-61)49-66(68)65-44-42-58(48-71(65)77)78-57-31-22-30-56(47-57)75-51-76(70-41-21-20-40-69(70)75)73-63(53-24-8-2-9-25-53)38-23-39-64(73)54-26-10-3-11-27-54;/h2-46,49-50H,1H3;/q-2;/i1D3,2D,3D,4D,8D,9D,10D,11D,12D,13D,24D,25D,26D,27D,28D,29D;. The number of nitrogens with zero attached hydrogens (tertiary/aromatic N) is 4. The number of fused-ring (bicyclic) bond motifs is 4. The van der Waals surface area contributed by atoms with Gasteiger partial charge >= 0.3 is 0 Å². The summed E-state index contributed by atoms with van der Waals surface area (Å²) in [5, 5.41) is 5.83. The van der Waals surface area contributed by atoms with E-state index in [1.54, 1.807) is 74.4 Å². The first kappa shape index (κ1) is 33.8. The second-order valence-corrected chi connectivity index (χ2v) is 22.4. The Hall–Kier alpha value is -9.45. The fourth-order valence-electron chi connectivity index (χ4n) is 10.8. The SMILES string of the molecule is [2H]c1c([2H])c([2H])c(-c2cnc(-n3c4[c-]c(Oc5[c-]c(-n6[c-][n+](-c7c(-c8c([2H])c([2H])c([2H])c([2H])c8[2H])cccc7-c7c([2H])c([2H])c([2H])c([2H])c7[2H])c7ccccc76)ccc5)ccc4c4cc([Si](c5ccccc5)(c5ccccc5)c5ccccc5)ccc43)cc2C([2H])([2H])[2H])c([2H])c1[2H].[Pt]. The summed E-state index contributed by atoms with van der Waals surface area (Å²) in [5.74, 6) is 0.483. The minimum absolute atomic E-state index is 0. The van der Waals surface area contributed by atoms with E-state index in [-0.39, 0.29) is 83.0 Å². The van der Waals surface area contributed by atoms with E-state index in [9.17, 15) is 0 Å². The topological polar surface area (TPSA) is 35.9 Å². The molecule has 80 heavy (non-hydrogen) atoms. The third-order valence-electron chi connectivity index (χ3n) is 14.2. The van der Waals surface area contributed by atoms with Gasteiger partial charge in [-0.3, -0.25) is 4.57 Å². The van der Waals surface area contributed by atoms with Gasteiger partial charge in [-0.05, 0) is 84.2 Å². The number of imidazole rings is 1. The molecular formula is C73H50N4OPtSi-2. The van der Waals surface area contributed by atoms with Crippen LogP contribution in [0.15, 0.2) is 285 Å². The Bertz CT molecular complexity index is 5310. The first-order chi connectivity index (χ1) is 46.5. The Morgan fingerprint density at radius 3 is 1.68 bits per heavy atom. The third-order valence-corrected chi connectivity index (χ3v) is 18.9. The average Bonchev–Trinajstić information content (AvgIpc) is 1.44. The molecule has 0 unspecified atom stereocenters. The maximum Gasteiger partial charge on any atom is 0.268 e. The van der Waals surface area contributed by atoms with Crippen molar-refractivity contribution in [1.29, 1.82) is 0 Å². The Morgan fingerprint density at radius 1 is 0.500 bits per heavy atom. The van der Waals surface area contributed by atoms with Gasteiger partial charge in [0.1, 0.15) is 5.82 Å². The van der Waals surface area contributed by atoms with Gasteiger partial charge in [0.15, 0.2) is 8.07 Å². The molecule has 0 aliphatic carbocycles. The minimum Gasteiger partial charge on any atom is -0.510 e. The zero-order chi connectivity index (χ0) is 68.3. The molecule has 0 N–H and O–H groups in total. The molecule has 0 bridgehead atoms. The summed E-state index contributed by atoms with van der Waals surface area (Å²) in [5.41, 5.74) is 1.36. The number of para-hydroxylation sites is 3. The van der Waals surface area contributed by atoms with Crippen LogP contribution in [-0.4, -0.2) is 22.2 Å². The molecule has 384 valence electrons. The second-order valence-electron chi connectivity index (χ2n) is 18.6. The summed E-state index contributed by atoms with van der Waals surface area (Å²) >= 11 is 0. The van der Waals surface area contributed by atoms with E-state index in [0.717, 1.165) is 26.1 Å². The van der Waals surface area contributed by atoms with Crippen LogP contribution in [0.2, 0.25) is 0 Å². The molecule has 3 heterocycles. The Morgan fingerprint density at radius 2 is 1.06 bits per heavy atom. The number of rotatable bonds is 12. The molecule has 0 atom stereocenters. The molecule has 0 aliphatic heterocycles. The Kier molecular flexibility index (Phi) is 9.03. The van der Waals surface area contributed by atoms with Crippen molar-refractivity contribution in [2.45, 2.75) is 6.85 Å². The Labute approximate surface area is 506 Å². The number of benzene rings is 11. The molecule has 11 aromatic carbocycles. The molecule has 5 nitrogen and oxygen atoms in total. The number of hydrogen-bond donors (Lipinski definition) is 0. The van der Waals surface area contributed by atoms with Crippen molar-refractivity contribution < 1.29 is 55.0 Å². The smallest absolute Gasteiger partial charge is 0.268 e. The van der Waals surface area contributed by atoms with Crippen molar-refractivity contribution in [3.63, 3.8) is 0 Å². The largest absolute Gasteiger partial charge is 0.510 e. The van der Waals surface area contributed by atoms with E-state index in [1.807, 2.05) is 66.7 Å². The summed E-state index contributed by atoms with van der Waals surface area (Å²) in [6.45, 7) is -2.89. The van der Waals surface area contributed by atoms with Crippen LogP contribution in [0.5, 0.6) is 11.5 Å². The minimum atomic E-state index is -3.16.